The highest BCUT2D eigenvalue weighted by Crippen LogP contribution is 2.25. The molecule has 1 N–H and O–H groups in total. The molecule has 0 saturated carbocycles. The maximum absolute atomic E-state index is 5.96. The second-order valence-electron chi connectivity index (χ2n) is 4.80. The molecule has 0 aliphatic carbocycles. The van der Waals surface area contributed by atoms with Gasteiger partial charge in [-0.2, -0.15) is 0 Å². The molecule has 0 bridgehead atoms. The van der Waals surface area contributed by atoms with Crippen molar-refractivity contribution in [1.29, 1.82) is 0 Å². The lowest BCUT2D eigenvalue weighted by Gasteiger charge is -2.26. The van der Waals surface area contributed by atoms with Gasteiger partial charge in [0.05, 0.1) is 6.61 Å². The molecule has 1 aliphatic heterocycles. The minimum absolute atomic E-state index is 0.393. The molecule has 0 fully saturated rings. The smallest absolute Gasteiger partial charge is 0.120 e. The van der Waals surface area contributed by atoms with Crippen molar-refractivity contribution >= 4 is 11.6 Å². The van der Waals surface area contributed by atoms with E-state index in [1.807, 2.05) is 24.3 Å². The van der Waals surface area contributed by atoms with Crippen molar-refractivity contribution in [3.8, 4) is 5.75 Å². The Kier molecular flexibility index (Phi) is 3.72. The van der Waals surface area contributed by atoms with E-state index in [9.17, 15) is 0 Å². The minimum atomic E-state index is 0.393. The molecular weight excluding hydrogens is 258 g/mol. The van der Waals surface area contributed by atoms with E-state index in [4.69, 9.17) is 16.3 Å². The maximum atomic E-state index is 5.96. The van der Waals surface area contributed by atoms with Gasteiger partial charge in [-0.05, 0) is 29.3 Å². The van der Waals surface area contributed by atoms with Gasteiger partial charge in [-0.15, -0.1) is 0 Å². The zero-order chi connectivity index (χ0) is 13.1. The number of fused-ring (bicyclic) bond motifs is 1. The number of hydrogen-bond donors (Lipinski definition) is 1. The lowest BCUT2D eigenvalue weighted by Crippen LogP contribution is -2.31. The van der Waals surface area contributed by atoms with Gasteiger partial charge < -0.3 is 10.1 Å². The van der Waals surface area contributed by atoms with Gasteiger partial charge in [0, 0.05) is 24.0 Å². The molecule has 3 rings (SSSR count). The van der Waals surface area contributed by atoms with Crippen LogP contribution >= 0.6 is 11.6 Å². The van der Waals surface area contributed by atoms with Crippen LogP contribution in [0.2, 0.25) is 5.02 Å². The first-order valence-electron chi connectivity index (χ1n) is 6.50. The summed E-state index contributed by atoms with van der Waals surface area (Å²) >= 11 is 5.96. The molecule has 2 nitrogen and oxygen atoms in total. The lowest BCUT2D eigenvalue weighted by atomic mass is 9.91. The summed E-state index contributed by atoms with van der Waals surface area (Å²) in [4.78, 5) is 0. The van der Waals surface area contributed by atoms with Crippen LogP contribution in [0.1, 0.15) is 17.0 Å². The quantitative estimate of drug-likeness (QED) is 0.922. The molecule has 0 radical (unpaired) electrons. The van der Waals surface area contributed by atoms with Gasteiger partial charge in [-0.3, -0.25) is 0 Å². The maximum Gasteiger partial charge on any atom is 0.120 e. The summed E-state index contributed by atoms with van der Waals surface area (Å²) in [6, 6.07) is 16.1. The van der Waals surface area contributed by atoms with Gasteiger partial charge in [0.2, 0.25) is 0 Å². The Hall–Kier alpha value is -1.51. The SMILES string of the molecule is Clc1cccc(OCC2CNCc3ccccc32)c1. The first kappa shape index (κ1) is 12.5. The zero-order valence-electron chi connectivity index (χ0n) is 10.6. The number of ether oxygens (including phenoxy) is 1. The largest absolute Gasteiger partial charge is 0.493 e. The molecule has 2 aromatic rings. The van der Waals surface area contributed by atoms with E-state index in [0.29, 0.717) is 17.5 Å². The Bertz CT molecular complexity index is 570. The molecule has 1 unspecified atom stereocenters. The molecule has 2 aromatic carbocycles. The summed E-state index contributed by atoms with van der Waals surface area (Å²) in [5, 5.41) is 4.14. The number of benzene rings is 2. The Morgan fingerprint density at radius 1 is 1.16 bits per heavy atom. The highest BCUT2D eigenvalue weighted by Gasteiger charge is 2.19. The van der Waals surface area contributed by atoms with Crippen molar-refractivity contribution in [2.24, 2.45) is 0 Å². The van der Waals surface area contributed by atoms with Gasteiger partial charge in [-0.1, -0.05) is 41.9 Å². The Balaban J connectivity index is 1.71. The van der Waals surface area contributed by atoms with Crippen LogP contribution in [0.3, 0.4) is 0 Å². The number of halogens is 1. The van der Waals surface area contributed by atoms with Gasteiger partial charge in [0.25, 0.3) is 0 Å². The Morgan fingerprint density at radius 2 is 2.05 bits per heavy atom. The molecule has 0 saturated heterocycles. The Labute approximate surface area is 118 Å². The zero-order valence-corrected chi connectivity index (χ0v) is 11.4. The molecule has 1 heterocycles. The molecule has 0 amide bonds. The van der Waals surface area contributed by atoms with Crippen LogP contribution < -0.4 is 10.1 Å². The first-order valence-corrected chi connectivity index (χ1v) is 6.87. The summed E-state index contributed by atoms with van der Waals surface area (Å²) in [6.45, 7) is 2.58. The molecular formula is C16H16ClNO. The third-order valence-corrected chi connectivity index (χ3v) is 3.68. The van der Waals surface area contributed by atoms with Crippen molar-refractivity contribution < 1.29 is 4.74 Å². The normalized spacial score (nSPS) is 17.8. The predicted molar refractivity (Wildman–Crippen MR) is 77.8 cm³/mol. The van der Waals surface area contributed by atoms with Crippen molar-refractivity contribution in [3.05, 3.63) is 64.7 Å². The third-order valence-electron chi connectivity index (χ3n) is 3.45. The average Bonchev–Trinajstić information content (AvgIpc) is 2.45. The standard InChI is InChI=1S/C16H16ClNO/c17-14-5-3-6-15(8-14)19-11-13-10-18-9-12-4-1-2-7-16(12)13/h1-8,13,18H,9-11H2. The van der Waals surface area contributed by atoms with Crippen LogP contribution in [0.4, 0.5) is 0 Å². The fourth-order valence-corrected chi connectivity index (χ4v) is 2.67. The van der Waals surface area contributed by atoms with Crippen LogP contribution in [0.5, 0.6) is 5.75 Å². The van der Waals surface area contributed by atoms with Crippen molar-refractivity contribution in [2.45, 2.75) is 12.5 Å². The summed E-state index contributed by atoms with van der Waals surface area (Å²) in [7, 11) is 0. The second-order valence-corrected chi connectivity index (χ2v) is 5.23. The minimum Gasteiger partial charge on any atom is -0.493 e. The molecule has 1 atom stereocenters. The second kappa shape index (κ2) is 5.64. The van der Waals surface area contributed by atoms with E-state index in [2.05, 4.69) is 29.6 Å². The van der Waals surface area contributed by atoms with E-state index in [0.717, 1.165) is 18.8 Å². The molecule has 19 heavy (non-hydrogen) atoms. The average molecular weight is 274 g/mol. The summed E-state index contributed by atoms with van der Waals surface area (Å²) in [5.41, 5.74) is 2.76. The topological polar surface area (TPSA) is 21.3 Å². The van der Waals surface area contributed by atoms with Crippen LogP contribution in [0.15, 0.2) is 48.5 Å². The van der Waals surface area contributed by atoms with E-state index in [1.165, 1.54) is 11.1 Å². The van der Waals surface area contributed by atoms with Crippen LogP contribution in [0.25, 0.3) is 0 Å². The van der Waals surface area contributed by atoms with E-state index in [1.54, 1.807) is 0 Å². The van der Waals surface area contributed by atoms with Crippen molar-refractivity contribution in [1.82, 2.24) is 5.32 Å². The number of hydrogen-bond acceptors (Lipinski definition) is 2. The summed E-state index contributed by atoms with van der Waals surface area (Å²) < 4.78 is 5.86. The first-order chi connectivity index (χ1) is 9.33. The summed E-state index contributed by atoms with van der Waals surface area (Å²) in [5.74, 6) is 1.22. The van der Waals surface area contributed by atoms with E-state index < -0.39 is 0 Å². The van der Waals surface area contributed by atoms with E-state index >= 15 is 0 Å². The lowest BCUT2D eigenvalue weighted by molar-refractivity contribution is 0.278. The third kappa shape index (κ3) is 2.91. The van der Waals surface area contributed by atoms with Gasteiger partial charge >= 0.3 is 0 Å². The van der Waals surface area contributed by atoms with Crippen LogP contribution in [-0.2, 0) is 6.54 Å². The fourth-order valence-electron chi connectivity index (χ4n) is 2.49. The van der Waals surface area contributed by atoms with Gasteiger partial charge in [0.1, 0.15) is 5.75 Å². The molecule has 98 valence electrons. The highest BCUT2D eigenvalue weighted by molar-refractivity contribution is 6.30. The Morgan fingerprint density at radius 3 is 2.95 bits per heavy atom. The van der Waals surface area contributed by atoms with Gasteiger partial charge in [0.15, 0.2) is 0 Å². The molecule has 0 spiro atoms. The van der Waals surface area contributed by atoms with E-state index in [-0.39, 0.29) is 0 Å². The fraction of sp³-hybridized carbons (Fsp3) is 0.250. The van der Waals surface area contributed by atoms with Crippen molar-refractivity contribution in [3.63, 3.8) is 0 Å². The van der Waals surface area contributed by atoms with Gasteiger partial charge in [-0.25, -0.2) is 0 Å². The van der Waals surface area contributed by atoms with Crippen molar-refractivity contribution in [2.75, 3.05) is 13.2 Å². The number of rotatable bonds is 3. The van der Waals surface area contributed by atoms with Crippen LogP contribution in [0, 0.1) is 0 Å². The molecule has 0 aromatic heterocycles. The number of nitrogens with one attached hydrogen (secondary N) is 1. The predicted octanol–water partition coefficient (Wildman–Crippen LogP) is 3.61. The monoisotopic (exact) mass is 273 g/mol. The van der Waals surface area contributed by atoms with Crippen LogP contribution in [-0.4, -0.2) is 13.2 Å². The summed E-state index contributed by atoms with van der Waals surface area (Å²) in [6.07, 6.45) is 0. The highest BCUT2D eigenvalue weighted by atomic mass is 35.5. The molecule has 3 heteroatoms. The molecule has 1 aliphatic rings.